The third kappa shape index (κ3) is 3.33. The number of nitrogens with one attached hydrogen (secondary N) is 1. The second-order valence-corrected chi connectivity index (χ2v) is 7.92. The van der Waals surface area contributed by atoms with Crippen LogP contribution in [0.5, 0.6) is 0 Å². The highest BCUT2D eigenvalue weighted by Gasteiger charge is 2.47. The summed E-state index contributed by atoms with van der Waals surface area (Å²) in [6, 6.07) is 13.0. The van der Waals surface area contributed by atoms with Gasteiger partial charge in [0.2, 0.25) is 5.91 Å². The van der Waals surface area contributed by atoms with E-state index < -0.39 is 5.91 Å². The fraction of sp³-hybridized carbons (Fsp3) is 0.333. The summed E-state index contributed by atoms with van der Waals surface area (Å²) < 4.78 is 0. The Labute approximate surface area is 162 Å². The van der Waals surface area contributed by atoms with Crippen molar-refractivity contribution in [3.05, 3.63) is 69.7 Å². The largest absolute Gasteiger partial charge is 0.338 e. The van der Waals surface area contributed by atoms with Gasteiger partial charge in [0.1, 0.15) is 0 Å². The van der Waals surface area contributed by atoms with Crippen molar-refractivity contribution in [2.24, 2.45) is 5.41 Å². The molecule has 0 saturated carbocycles. The monoisotopic (exact) mass is 384 g/mol. The molecule has 0 unspecified atom stereocenters. The fourth-order valence-corrected chi connectivity index (χ4v) is 4.44. The summed E-state index contributed by atoms with van der Waals surface area (Å²) >= 11 is 5.94. The van der Waals surface area contributed by atoms with E-state index in [-0.39, 0.29) is 11.3 Å². The Morgan fingerprint density at radius 1 is 1.15 bits per heavy atom. The van der Waals surface area contributed by atoms with Crippen LogP contribution in [0.4, 0.5) is 0 Å². The van der Waals surface area contributed by atoms with Crippen molar-refractivity contribution in [1.82, 2.24) is 10.4 Å². The molecule has 1 saturated heterocycles. The normalized spacial score (nSPS) is 21.4. The van der Waals surface area contributed by atoms with E-state index in [0.717, 1.165) is 36.9 Å². The Kier molecular flexibility index (Phi) is 4.66. The average molecular weight is 385 g/mol. The second-order valence-electron chi connectivity index (χ2n) is 7.48. The minimum absolute atomic E-state index is 0.195. The molecule has 1 spiro atoms. The summed E-state index contributed by atoms with van der Waals surface area (Å²) in [6.45, 7) is 1.34. The van der Waals surface area contributed by atoms with Crippen LogP contribution in [0.25, 0.3) is 0 Å². The van der Waals surface area contributed by atoms with Crippen LogP contribution in [0, 0.1) is 5.41 Å². The Balaban J connectivity index is 1.54. The zero-order valence-corrected chi connectivity index (χ0v) is 15.6. The van der Waals surface area contributed by atoms with Gasteiger partial charge in [-0.05, 0) is 66.6 Å². The number of likely N-dealkylation sites (tertiary alicyclic amines) is 1. The molecule has 2 aromatic rings. The van der Waals surface area contributed by atoms with Gasteiger partial charge >= 0.3 is 0 Å². The predicted octanol–water partition coefficient (Wildman–Crippen LogP) is 3.37. The van der Waals surface area contributed by atoms with Gasteiger partial charge in [-0.2, -0.15) is 0 Å². The Morgan fingerprint density at radius 2 is 1.93 bits per heavy atom. The number of halogens is 1. The number of hydrogen-bond donors (Lipinski definition) is 2. The van der Waals surface area contributed by atoms with E-state index in [0.29, 0.717) is 23.6 Å². The topological polar surface area (TPSA) is 69.6 Å². The SMILES string of the molecule is O=C(NO)c1ccc2c(c1)C[C@]1(CC2)CCN(Cc2ccc(Cl)cc2)C1=O. The third-order valence-corrected chi connectivity index (χ3v) is 6.11. The van der Waals surface area contributed by atoms with Crippen molar-refractivity contribution >= 4 is 23.4 Å². The molecule has 1 aliphatic heterocycles. The Hall–Kier alpha value is -2.37. The van der Waals surface area contributed by atoms with Gasteiger partial charge in [-0.3, -0.25) is 14.8 Å². The standard InChI is InChI=1S/C21H21ClN2O3/c22-18-5-1-14(2-6-18)13-24-10-9-21(20(24)26)8-7-15-3-4-16(19(25)23-27)11-17(15)12-21/h1-6,11,27H,7-10,12-13H2,(H,23,25)/t21-/m0/s1. The molecule has 6 heteroatoms. The number of fused-ring (bicyclic) bond motifs is 1. The van der Waals surface area contributed by atoms with Gasteiger partial charge in [0.25, 0.3) is 5.91 Å². The molecular formula is C21H21ClN2O3. The van der Waals surface area contributed by atoms with Crippen LogP contribution < -0.4 is 5.48 Å². The maximum absolute atomic E-state index is 13.2. The molecule has 1 aliphatic carbocycles. The molecule has 27 heavy (non-hydrogen) atoms. The van der Waals surface area contributed by atoms with Crippen LogP contribution in [-0.2, 0) is 24.2 Å². The van der Waals surface area contributed by atoms with Crippen LogP contribution in [0.3, 0.4) is 0 Å². The van der Waals surface area contributed by atoms with Crippen LogP contribution >= 0.6 is 11.6 Å². The molecule has 1 fully saturated rings. The smallest absolute Gasteiger partial charge is 0.274 e. The van der Waals surface area contributed by atoms with E-state index in [2.05, 4.69) is 0 Å². The van der Waals surface area contributed by atoms with E-state index in [4.69, 9.17) is 16.8 Å². The molecule has 2 amide bonds. The summed E-state index contributed by atoms with van der Waals surface area (Å²) in [6.07, 6.45) is 3.14. The number of amides is 2. The molecule has 2 aromatic carbocycles. The van der Waals surface area contributed by atoms with Gasteiger partial charge in [-0.1, -0.05) is 29.8 Å². The summed E-state index contributed by atoms with van der Waals surface area (Å²) in [4.78, 5) is 26.9. The molecular weight excluding hydrogens is 364 g/mol. The summed E-state index contributed by atoms with van der Waals surface area (Å²) in [5.41, 5.74) is 4.99. The Bertz CT molecular complexity index is 897. The zero-order valence-electron chi connectivity index (χ0n) is 14.9. The highest BCUT2D eigenvalue weighted by molar-refractivity contribution is 6.30. The number of benzene rings is 2. The van der Waals surface area contributed by atoms with Crippen molar-refractivity contribution in [3.63, 3.8) is 0 Å². The van der Waals surface area contributed by atoms with Crippen molar-refractivity contribution in [3.8, 4) is 0 Å². The van der Waals surface area contributed by atoms with Crippen molar-refractivity contribution in [2.45, 2.75) is 32.2 Å². The minimum Gasteiger partial charge on any atom is -0.338 e. The van der Waals surface area contributed by atoms with Crippen LogP contribution in [0.1, 0.15) is 39.9 Å². The van der Waals surface area contributed by atoms with Gasteiger partial charge in [-0.25, -0.2) is 5.48 Å². The molecule has 1 atom stereocenters. The minimum atomic E-state index is -0.528. The lowest BCUT2D eigenvalue weighted by Gasteiger charge is -2.33. The quantitative estimate of drug-likeness (QED) is 0.629. The lowest BCUT2D eigenvalue weighted by molar-refractivity contribution is -0.137. The molecule has 140 valence electrons. The molecule has 2 N–H and O–H groups in total. The summed E-state index contributed by atoms with van der Waals surface area (Å²) in [5.74, 6) is -0.334. The molecule has 0 bridgehead atoms. The first-order valence-corrected chi connectivity index (χ1v) is 9.49. The highest BCUT2D eigenvalue weighted by Crippen LogP contribution is 2.44. The molecule has 5 nitrogen and oxygen atoms in total. The average Bonchev–Trinajstić information content (AvgIpc) is 2.98. The summed E-state index contributed by atoms with van der Waals surface area (Å²) in [7, 11) is 0. The second kappa shape index (κ2) is 6.98. The third-order valence-electron chi connectivity index (χ3n) is 5.86. The van der Waals surface area contributed by atoms with Gasteiger partial charge in [0.05, 0.1) is 5.41 Å². The number of aryl methyl sites for hydroxylation is 1. The van der Waals surface area contributed by atoms with Crippen LogP contribution in [-0.4, -0.2) is 28.5 Å². The predicted molar refractivity (Wildman–Crippen MR) is 102 cm³/mol. The van der Waals surface area contributed by atoms with E-state index >= 15 is 0 Å². The van der Waals surface area contributed by atoms with Crippen molar-refractivity contribution < 1.29 is 14.8 Å². The van der Waals surface area contributed by atoms with Gasteiger partial charge in [0.15, 0.2) is 0 Å². The van der Waals surface area contributed by atoms with Crippen molar-refractivity contribution in [1.29, 1.82) is 0 Å². The molecule has 1 heterocycles. The van der Waals surface area contributed by atoms with E-state index in [1.54, 1.807) is 17.6 Å². The molecule has 0 radical (unpaired) electrons. The van der Waals surface area contributed by atoms with Crippen molar-refractivity contribution in [2.75, 3.05) is 6.54 Å². The van der Waals surface area contributed by atoms with Crippen LogP contribution in [0.15, 0.2) is 42.5 Å². The molecule has 0 aromatic heterocycles. The number of rotatable bonds is 3. The summed E-state index contributed by atoms with van der Waals surface area (Å²) in [5, 5.41) is 9.55. The lowest BCUT2D eigenvalue weighted by Crippen LogP contribution is -2.38. The van der Waals surface area contributed by atoms with Gasteiger partial charge in [-0.15, -0.1) is 0 Å². The number of hydroxylamine groups is 1. The first-order chi connectivity index (χ1) is 13.0. The maximum atomic E-state index is 13.2. The van der Waals surface area contributed by atoms with Gasteiger partial charge < -0.3 is 4.90 Å². The number of carbonyl (C=O) groups excluding carboxylic acids is 2. The first-order valence-electron chi connectivity index (χ1n) is 9.11. The highest BCUT2D eigenvalue weighted by atomic mass is 35.5. The van der Waals surface area contributed by atoms with E-state index in [1.165, 1.54) is 5.56 Å². The number of hydrogen-bond acceptors (Lipinski definition) is 3. The number of carbonyl (C=O) groups is 2. The number of nitrogens with zero attached hydrogens (tertiary/aromatic N) is 1. The first kappa shape index (κ1) is 18.0. The lowest BCUT2D eigenvalue weighted by atomic mass is 9.70. The Morgan fingerprint density at radius 3 is 2.67 bits per heavy atom. The fourth-order valence-electron chi connectivity index (χ4n) is 4.32. The zero-order chi connectivity index (χ0) is 19.0. The van der Waals surface area contributed by atoms with E-state index in [1.807, 2.05) is 35.2 Å². The molecule has 2 aliphatic rings. The molecule has 4 rings (SSSR count). The van der Waals surface area contributed by atoms with Gasteiger partial charge in [0, 0.05) is 23.7 Å². The van der Waals surface area contributed by atoms with Crippen LogP contribution in [0.2, 0.25) is 5.02 Å². The maximum Gasteiger partial charge on any atom is 0.274 e. The van der Waals surface area contributed by atoms with E-state index in [9.17, 15) is 9.59 Å².